The van der Waals surface area contributed by atoms with Gasteiger partial charge < -0.3 is 10.0 Å². The minimum atomic E-state index is -0.784. The van der Waals surface area contributed by atoms with Crippen molar-refractivity contribution in [2.75, 3.05) is 13.1 Å². The molecule has 0 spiro atoms. The number of halogens is 2. The van der Waals surface area contributed by atoms with Crippen molar-refractivity contribution in [3.8, 4) is 0 Å². The van der Waals surface area contributed by atoms with Crippen LogP contribution in [-0.2, 0) is 0 Å². The molecule has 1 heterocycles. The van der Waals surface area contributed by atoms with Crippen LogP contribution in [0, 0.1) is 0 Å². The molecule has 1 unspecified atom stereocenters. The van der Waals surface area contributed by atoms with E-state index in [0.29, 0.717) is 34.6 Å². The van der Waals surface area contributed by atoms with E-state index < -0.39 is 5.60 Å². The van der Waals surface area contributed by atoms with Gasteiger partial charge in [0.05, 0.1) is 16.2 Å². The molecule has 1 aromatic carbocycles. The minimum absolute atomic E-state index is 0.130. The van der Waals surface area contributed by atoms with Crippen LogP contribution in [0.25, 0.3) is 0 Å². The van der Waals surface area contributed by atoms with Crippen molar-refractivity contribution >= 4 is 33.4 Å². The molecule has 1 fully saturated rings. The van der Waals surface area contributed by atoms with Gasteiger partial charge in [0.1, 0.15) is 0 Å². The first-order chi connectivity index (χ1) is 7.91. The van der Waals surface area contributed by atoms with Crippen molar-refractivity contribution in [1.29, 1.82) is 0 Å². The topological polar surface area (TPSA) is 40.5 Å². The van der Waals surface area contributed by atoms with Crippen LogP contribution >= 0.6 is 27.5 Å². The van der Waals surface area contributed by atoms with Crippen LogP contribution in [0.5, 0.6) is 0 Å². The van der Waals surface area contributed by atoms with E-state index in [2.05, 4.69) is 15.9 Å². The SMILES string of the molecule is CC1(O)CCN(C(=O)c2cccc(Br)c2Cl)C1. The normalized spacial score (nSPS) is 24.1. The fourth-order valence-electron chi connectivity index (χ4n) is 1.96. The summed E-state index contributed by atoms with van der Waals surface area (Å²) in [6.07, 6.45) is 0.602. The molecule has 1 atom stereocenters. The van der Waals surface area contributed by atoms with E-state index in [1.165, 1.54) is 0 Å². The van der Waals surface area contributed by atoms with E-state index >= 15 is 0 Å². The molecule has 1 amide bonds. The number of benzene rings is 1. The second kappa shape index (κ2) is 4.59. The molecule has 1 aliphatic rings. The molecule has 0 radical (unpaired) electrons. The average Bonchev–Trinajstić information content (AvgIpc) is 2.62. The van der Waals surface area contributed by atoms with Crippen molar-refractivity contribution in [1.82, 2.24) is 4.90 Å². The summed E-state index contributed by atoms with van der Waals surface area (Å²) in [6, 6.07) is 5.26. The van der Waals surface area contributed by atoms with Gasteiger partial charge >= 0.3 is 0 Å². The van der Waals surface area contributed by atoms with Crippen LogP contribution in [0.15, 0.2) is 22.7 Å². The highest BCUT2D eigenvalue weighted by atomic mass is 79.9. The summed E-state index contributed by atoms with van der Waals surface area (Å²) in [6.45, 7) is 2.66. The maximum atomic E-state index is 12.2. The standard InChI is InChI=1S/C12H13BrClNO2/c1-12(17)5-6-15(7-12)11(16)8-3-2-4-9(13)10(8)14/h2-4,17H,5-7H2,1H3. The number of likely N-dealkylation sites (tertiary alicyclic amines) is 1. The van der Waals surface area contributed by atoms with E-state index in [0.717, 1.165) is 0 Å². The van der Waals surface area contributed by atoms with E-state index in [1.807, 2.05) is 0 Å². The third-order valence-corrected chi connectivity index (χ3v) is 4.22. The van der Waals surface area contributed by atoms with Crippen molar-refractivity contribution in [2.24, 2.45) is 0 Å². The molecule has 1 N–H and O–H groups in total. The smallest absolute Gasteiger partial charge is 0.255 e. The molecule has 1 aromatic rings. The Morgan fingerprint density at radius 3 is 2.88 bits per heavy atom. The van der Waals surface area contributed by atoms with Crippen LogP contribution in [0.1, 0.15) is 23.7 Å². The Morgan fingerprint density at radius 1 is 1.59 bits per heavy atom. The van der Waals surface area contributed by atoms with Crippen LogP contribution in [-0.4, -0.2) is 34.6 Å². The van der Waals surface area contributed by atoms with Gasteiger partial charge in [-0.15, -0.1) is 0 Å². The Bertz CT molecular complexity index is 462. The Kier molecular flexibility index (Phi) is 3.48. The predicted molar refractivity (Wildman–Crippen MR) is 70.3 cm³/mol. The largest absolute Gasteiger partial charge is 0.388 e. The van der Waals surface area contributed by atoms with E-state index in [4.69, 9.17) is 11.6 Å². The quantitative estimate of drug-likeness (QED) is 0.865. The first-order valence-electron chi connectivity index (χ1n) is 5.36. The van der Waals surface area contributed by atoms with Crippen molar-refractivity contribution in [2.45, 2.75) is 18.9 Å². The van der Waals surface area contributed by atoms with Gasteiger partial charge in [-0.05, 0) is 41.4 Å². The average molecular weight is 319 g/mol. The Balaban J connectivity index is 2.24. The van der Waals surface area contributed by atoms with Crippen LogP contribution in [0.4, 0.5) is 0 Å². The Hall–Kier alpha value is -0.580. The highest BCUT2D eigenvalue weighted by molar-refractivity contribution is 9.10. The van der Waals surface area contributed by atoms with Gasteiger partial charge in [-0.2, -0.15) is 0 Å². The highest BCUT2D eigenvalue weighted by Gasteiger charge is 2.34. The molecule has 92 valence electrons. The Morgan fingerprint density at radius 2 is 2.29 bits per heavy atom. The number of carbonyl (C=O) groups excluding carboxylic acids is 1. The lowest BCUT2D eigenvalue weighted by atomic mass is 10.1. The zero-order chi connectivity index (χ0) is 12.6. The summed E-state index contributed by atoms with van der Waals surface area (Å²) in [5.74, 6) is -0.130. The van der Waals surface area contributed by atoms with Crippen LogP contribution < -0.4 is 0 Å². The lowest BCUT2D eigenvalue weighted by Gasteiger charge is -2.19. The van der Waals surface area contributed by atoms with Gasteiger partial charge in [0.25, 0.3) is 5.91 Å². The predicted octanol–water partition coefficient (Wildman–Crippen LogP) is 2.70. The van der Waals surface area contributed by atoms with Gasteiger partial charge in [0.15, 0.2) is 0 Å². The van der Waals surface area contributed by atoms with Gasteiger partial charge in [-0.1, -0.05) is 17.7 Å². The first-order valence-corrected chi connectivity index (χ1v) is 6.53. The minimum Gasteiger partial charge on any atom is -0.388 e. The third kappa shape index (κ3) is 2.64. The van der Waals surface area contributed by atoms with Crippen molar-refractivity contribution in [3.05, 3.63) is 33.3 Å². The van der Waals surface area contributed by atoms with Gasteiger partial charge in [0.2, 0.25) is 0 Å². The van der Waals surface area contributed by atoms with Gasteiger partial charge in [-0.25, -0.2) is 0 Å². The fraction of sp³-hybridized carbons (Fsp3) is 0.417. The molecule has 17 heavy (non-hydrogen) atoms. The zero-order valence-corrected chi connectivity index (χ0v) is 11.8. The molecule has 5 heteroatoms. The molecule has 1 aliphatic heterocycles. The molecule has 1 saturated heterocycles. The summed E-state index contributed by atoms with van der Waals surface area (Å²) >= 11 is 9.37. The van der Waals surface area contributed by atoms with Crippen molar-refractivity contribution in [3.63, 3.8) is 0 Å². The summed E-state index contributed by atoms with van der Waals surface area (Å²) in [7, 11) is 0. The number of hydrogen-bond donors (Lipinski definition) is 1. The zero-order valence-electron chi connectivity index (χ0n) is 9.41. The number of aliphatic hydroxyl groups is 1. The maximum absolute atomic E-state index is 12.2. The molecule has 0 aliphatic carbocycles. The molecule has 0 bridgehead atoms. The second-order valence-corrected chi connectivity index (χ2v) is 5.81. The lowest BCUT2D eigenvalue weighted by Crippen LogP contribution is -2.34. The number of β-amino-alcohol motifs (C(OH)–C–C–N with tert-alkyl or cyclic N) is 1. The monoisotopic (exact) mass is 317 g/mol. The fourth-order valence-corrected chi connectivity index (χ4v) is 2.53. The van der Waals surface area contributed by atoms with Crippen LogP contribution in [0.2, 0.25) is 5.02 Å². The first kappa shape index (κ1) is 12.9. The number of amides is 1. The summed E-state index contributed by atoms with van der Waals surface area (Å²) in [5, 5.41) is 10.3. The number of carbonyl (C=O) groups is 1. The van der Waals surface area contributed by atoms with E-state index in [1.54, 1.807) is 30.0 Å². The molecular formula is C12H13BrClNO2. The van der Waals surface area contributed by atoms with E-state index in [-0.39, 0.29) is 5.91 Å². The summed E-state index contributed by atoms with van der Waals surface area (Å²) in [5.41, 5.74) is -0.313. The van der Waals surface area contributed by atoms with Gasteiger partial charge in [-0.3, -0.25) is 4.79 Å². The third-order valence-electron chi connectivity index (χ3n) is 2.92. The molecular weight excluding hydrogens is 305 g/mol. The molecule has 2 rings (SSSR count). The number of nitrogens with zero attached hydrogens (tertiary/aromatic N) is 1. The summed E-state index contributed by atoms with van der Waals surface area (Å²) in [4.78, 5) is 13.8. The molecule has 3 nitrogen and oxygen atoms in total. The Labute approximate surface area is 114 Å². The number of rotatable bonds is 1. The molecule has 0 aromatic heterocycles. The van der Waals surface area contributed by atoms with Gasteiger partial charge in [0, 0.05) is 17.6 Å². The second-order valence-electron chi connectivity index (χ2n) is 4.58. The van der Waals surface area contributed by atoms with Crippen molar-refractivity contribution < 1.29 is 9.90 Å². The van der Waals surface area contributed by atoms with Crippen LogP contribution in [0.3, 0.4) is 0 Å². The number of hydrogen-bond acceptors (Lipinski definition) is 2. The van der Waals surface area contributed by atoms with E-state index in [9.17, 15) is 9.90 Å². The molecule has 0 saturated carbocycles. The summed E-state index contributed by atoms with van der Waals surface area (Å²) < 4.78 is 0.705. The lowest BCUT2D eigenvalue weighted by molar-refractivity contribution is 0.0572. The maximum Gasteiger partial charge on any atom is 0.255 e. The highest BCUT2D eigenvalue weighted by Crippen LogP contribution is 2.29.